The molecule has 0 radical (unpaired) electrons. The molecule has 1 aliphatic heterocycles. The molecule has 1 fully saturated rings. The molecule has 1 aliphatic rings. The monoisotopic (exact) mass is 407 g/mol. The molecular formula is C23H25N3O2S. The van der Waals surface area contributed by atoms with Crippen molar-refractivity contribution in [1.82, 2.24) is 14.7 Å². The average Bonchev–Trinajstić information content (AvgIpc) is 3.36. The van der Waals surface area contributed by atoms with Crippen molar-refractivity contribution in [3.05, 3.63) is 71.2 Å². The van der Waals surface area contributed by atoms with E-state index in [1.54, 1.807) is 17.4 Å². The Hall–Kier alpha value is -2.70. The Balaban J connectivity index is 1.57. The van der Waals surface area contributed by atoms with Gasteiger partial charge >= 0.3 is 0 Å². The Morgan fingerprint density at radius 2 is 1.93 bits per heavy atom. The first-order valence-corrected chi connectivity index (χ1v) is 10.7. The van der Waals surface area contributed by atoms with Crippen molar-refractivity contribution in [1.29, 1.82) is 0 Å². The Bertz CT molecular complexity index is 969. The highest BCUT2D eigenvalue weighted by atomic mass is 32.1. The molecule has 0 spiro atoms. The van der Waals surface area contributed by atoms with E-state index < -0.39 is 0 Å². The van der Waals surface area contributed by atoms with E-state index in [9.17, 15) is 4.79 Å². The molecule has 6 heteroatoms. The van der Waals surface area contributed by atoms with E-state index in [2.05, 4.69) is 18.2 Å². The molecular weight excluding hydrogens is 382 g/mol. The van der Waals surface area contributed by atoms with Crippen molar-refractivity contribution in [2.45, 2.75) is 32.6 Å². The lowest BCUT2D eigenvalue weighted by atomic mass is 10.2. The van der Waals surface area contributed by atoms with Crippen LogP contribution in [0.1, 0.15) is 25.0 Å². The summed E-state index contributed by atoms with van der Waals surface area (Å²) in [6, 6.07) is 14.3. The van der Waals surface area contributed by atoms with Gasteiger partial charge in [0.1, 0.15) is 5.69 Å². The highest BCUT2D eigenvalue weighted by Gasteiger charge is 2.24. The van der Waals surface area contributed by atoms with E-state index in [-0.39, 0.29) is 18.1 Å². The maximum Gasteiger partial charge on any atom is 0.246 e. The summed E-state index contributed by atoms with van der Waals surface area (Å²) >= 11 is 1.65. The maximum absolute atomic E-state index is 12.7. The van der Waals surface area contributed by atoms with E-state index in [1.165, 1.54) is 5.56 Å². The number of morpholine rings is 1. The van der Waals surface area contributed by atoms with Gasteiger partial charge in [-0.3, -0.25) is 9.48 Å². The van der Waals surface area contributed by atoms with Crippen molar-refractivity contribution in [3.63, 3.8) is 0 Å². The zero-order valence-electron chi connectivity index (χ0n) is 16.7. The zero-order valence-corrected chi connectivity index (χ0v) is 17.5. The smallest absolute Gasteiger partial charge is 0.246 e. The Kier molecular flexibility index (Phi) is 5.92. The summed E-state index contributed by atoms with van der Waals surface area (Å²) in [5, 5.41) is 6.84. The molecule has 2 atom stereocenters. The fraction of sp³-hybridized carbons (Fsp3) is 0.304. The Labute approximate surface area is 175 Å². The van der Waals surface area contributed by atoms with Crippen molar-refractivity contribution >= 4 is 23.3 Å². The number of nitrogens with zero attached hydrogens (tertiary/aromatic N) is 3. The predicted molar refractivity (Wildman–Crippen MR) is 117 cm³/mol. The first-order chi connectivity index (χ1) is 14.1. The van der Waals surface area contributed by atoms with E-state index in [0.29, 0.717) is 19.6 Å². The van der Waals surface area contributed by atoms with Gasteiger partial charge in [0.05, 0.1) is 23.6 Å². The normalized spacial score (nSPS) is 19.7. The van der Waals surface area contributed by atoms with E-state index in [4.69, 9.17) is 9.84 Å². The molecule has 0 saturated carbocycles. The van der Waals surface area contributed by atoms with Gasteiger partial charge in [-0.2, -0.15) is 5.10 Å². The minimum Gasteiger partial charge on any atom is -0.372 e. The van der Waals surface area contributed by atoms with Gasteiger partial charge in [0.25, 0.3) is 0 Å². The van der Waals surface area contributed by atoms with Gasteiger partial charge in [-0.15, -0.1) is 11.3 Å². The third kappa shape index (κ3) is 4.83. The molecule has 29 heavy (non-hydrogen) atoms. The maximum atomic E-state index is 12.7. The number of carbonyl (C=O) groups is 1. The second kappa shape index (κ2) is 8.76. The first kappa shape index (κ1) is 19.6. The molecule has 4 rings (SSSR count). The summed E-state index contributed by atoms with van der Waals surface area (Å²) in [6.07, 6.45) is 5.68. The third-order valence-electron chi connectivity index (χ3n) is 4.87. The number of aromatic nitrogens is 2. The van der Waals surface area contributed by atoms with Crippen LogP contribution in [0.25, 0.3) is 16.6 Å². The third-order valence-corrected chi connectivity index (χ3v) is 5.75. The van der Waals surface area contributed by atoms with Crippen LogP contribution in [0.5, 0.6) is 0 Å². The van der Waals surface area contributed by atoms with Gasteiger partial charge in [-0.05, 0) is 36.9 Å². The minimum atomic E-state index is 0.0138. The average molecular weight is 408 g/mol. The van der Waals surface area contributed by atoms with Gasteiger partial charge in [-0.1, -0.05) is 36.4 Å². The molecule has 1 saturated heterocycles. The second-order valence-electron chi connectivity index (χ2n) is 7.43. The lowest BCUT2D eigenvalue weighted by molar-refractivity contribution is -0.137. The summed E-state index contributed by atoms with van der Waals surface area (Å²) in [7, 11) is 0. The van der Waals surface area contributed by atoms with Crippen LogP contribution in [0.2, 0.25) is 0 Å². The van der Waals surface area contributed by atoms with Crippen LogP contribution in [-0.4, -0.2) is 45.9 Å². The lowest BCUT2D eigenvalue weighted by Crippen LogP contribution is -2.47. The number of rotatable bonds is 5. The van der Waals surface area contributed by atoms with E-state index >= 15 is 0 Å². The molecule has 2 aromatic heterocycles. The molecule has 3 heterocycles. The summed E-state index contributed by atoms with van der Waals surface area (Å²) in [5.41, 5.74) is 3.05. The molecule has 0 aliphatic carbocycles. The van der Waals surface area contributed by atoms with E-state index in [0.717, 1.165) is 16.1 Å². The van der Waals surface area contributed by atoms with Gasteiger partial charge in [0, 0.05) is 30.9 Å². The number of thiophene rings is 1. The van der Waals surface area contributed by atoms with Gasteiger partial charge in [0.2, 0.25) is 5.91 Å². The van der Waals surface area contributed by atoms with Crippen molar-refractivity contribution in [2.75, 3.05) is 13.1 Å². The topological polar surface area (TPSA) is 47.4 Å². The number of amides is 1. The summed E-state index contributed by atoms with van der Waals surface area (Å²) in [5.74, 6) is 0.0138. The van der Waals surface area contributed by atoms with E-state index in [1.807, 2.05) is 65.3 Å². The summed E-state index contributed by atoms with van der Waals surface area (Å²) in [6.45, 7) is 5.95. The van der Waals surface area contributed by atoms with Gasteiger partial charge < -0.3 is 9.64 Å². The minimum absolute atomic E-state index is 0.0138. The fourth-order valence-corrected chi connectivity index (χ4v) is 4.37. The van der Waals surface area contributed by atoms with Crippen LogP contribution in [0.3, 0.4) is 0 Å². The lowest BCUT2D eigenvalue weighted by Gasteiger charge is -2.34. The molecule has 1 aromatic carbocycles. The molecule has 3 aromatic rings. The summed E-state index contributed by atoms with van der Waals surface area (Å²) < 4.78 is 7.67. The van der Waals surface area contributed by atoms with Crippen LogP contribution in [0.15, 0.2) is 60.1 Å². The van der Waals surface area contributed by atoms with Crippen LogP contribution in [0.4, 0.5) is 0 Å². The SMILES string of the molecule is CC1CN(C(=O)/C=C/c2cn(Cc3ccccc3)nc2-c2cccs2)CC(C)O1. The van der Waals surface area contributed by atoms with Gasteiger partial charge in [0.15, 0.2) is 0 Å². The standard InChI is InChI=1S/C23H25N3O2S/c1-17-13-25(14-18(2)28-17)22(27)11-10-20-16-26(15-19-7-4-3-5-8-19)24-23(20)21-9-6-12-29-21/h3-12,16-18H,13-15H2,1-2H3/b11-10+. The van der Waals surface area contributed by atoms with Crippen LogP contribution in [-0.2, 0) is 16.1 Å². The van der Waals surface area contributed by atoms with Crippen LogP contribution >= 0.6 is 11.3 Å². The summed E-state index contributed by atoms with van der Waals surface area (Å²) in [4.78, 5) is 15.7. The molecule has 1 amide bonds. The zero-order chi connectivity index (χ0) is 20.2. The second-order valence-corrected chi connectivity index (χ2v) is 8.38. The predicted octanol–water partition coefficient (Wildman–Crippen LogP) is 4.31. The number of benzene rings is 1. The molecule has 0 bridgehead atoms. The highest BCUT2D eigenvalue weighted by Crippen LogP contribution is 2.28. The molecule has 5 nitrogen and oxygen atoms in total. The molecule has 150 valence electrons. The number of hydrogen-bond donors (Lipinski definition) is 0. The number of hydrogen-bond acceptors (Lipinski definition) is 4. The fourth-order valence-electron chi connectivity index (χ4n) is 3.64. The Morgan fingerprint density at radius 1 is 1.17 bits per heavy atom. The van der Waals surface area contributed by atoms with Crippen molar-refractivity contribution < 1.29 is 9.53 Å². The largest absolute Gasteiger partial charge is 0.372 e. The van der Waals surface area contributed by atoms with Crippen LogP contribution < -0.4 is 0 Å². The first-order valence-electron chi connectivity index (χ1n) is 9.86. The number of carbonyl (C=O) groups excluding carboxylic acids is 1. The van der Waals surface area contributed by atoms with Crippen LogP contribution in [0, 0.1) is 0 Å². The van der Waals surface area contributed by atoms with Crippen molar-refractivity contribution in [3.8, 4) is 10.6 Å². The quantitative estimate of drug-likeness (QED) is 0.592. The molecule has 2 unspecified atom stereocenters. The number of ether oxygens (including phenoxy) is 1. The van der Waals surface area contributed by atoms with Crippen molar-refractivity contribution in [2.24, 2.45) is 0 Å². The molecule has 0 N–H and O–H groups in total. The van der Waals surface area contributed by atoms with Gasteiger partial charge in [-0.25, -0.2) is 0 Å². The highest BCUT2D eigenvalue weighted by molar-refractivity contribution is 7.13. The Morgan fingerprint density at radius 3 is 2.62 bits per heavy atom.